The lowest BCUT2D eigenvalue weighted by molar-refractivity contribution is -0.123. The molecule has 1 fully saturated rings. The van der Waals surface area contributed by atoms with Crippen LogP contribution < -0.4 is 10.2 Å². The Kier molecular flexibility index (Phi) is 7.81. The van der Waals surface area contributed by atoms with Crippen LogP contribution >= 0.6 is 0 Å². The minimum atomic E-state index is -0.721. The quantitative estimate of drug-likeness (QED) is 0.330. The molecule has 0 bridgehead atoms. The van der Waals surface area contributed by atoms with Crippen LogP contribution in [0, 0.1) is 17.8 Å². The summed E-state index contributed by atoms with van der Waals surface area (Å²) >= 11 is 0. The van der Waals surface area contributed by atoms with Gasteiger partial charge in [0.2, 0.25) is 11.8 Å². The SMILES string of the molecule is CCCOC(=O)c1ccc(NC(=O)COC(=O)c2ccc(N3C(=O)[C@@H]4[C@H](C)C=CC[C@H]4C3=O)cc2)cc1. The van der Waals surface area contributed by atoms with E-state index in [-0.39, 0.29) is 35.1 Å². The van der Waals surface area contributed by atoms with Gasteiger partial charge in [-0.05, 0) is 67.3 Å². The first kappa shape index (κ1) is 25.8. The highest BCUT2D eigenvalue weighted by Gasteiger charge is 2.50. The molecule has 192 valence electrons. The number of rotatable bonds is 8. The summed E-state index contributed by atoms with van der Waals surface area (Å²) in [7, 11) is 0. The van der Waals surface area contributed by atoms with E-state index in [9.17, 15) is 24.0 Å². The van der Waals surface area contributed by atoms with E-state index in [1.807, 2.05) is 26.0 Å². The van der Waals surface area contributed by atoms with Crippen LogP contribution in [-0.2, 0) is 23.9 Å². The van der Waals surface area contributed by atoms with Gasteiger partial charge in [0.1, 0.15) is 0 Å². The minimum Gasteiger partial charge on any atom is -0.462 e. The van der Waals surface area contributed by atoms with Gasteiger partial charge >= 0.3 is 11.9 Å². The second-order valence-electron chi connectivity index (χ2n) is 9.05. The first-order chi connectivity index (χ1) is 17.8. The van der Waals surface area contributed by atoms with Crippen LogP contribution in [0.1, 0.15) is 47.4 Å². The van der Waals surface area contributed by atoms with Crippen molar-refractivity contribution in [3.8, 4) is 0 Å². The Morgan fingerprint density at radius 2 is 1.54 bits per heavy atom. The number of nitrogens with one attached hydrogen (secondary N) is 1. The molecule has 2 aromatic rings. The van der Waals surface area contributed by atoms with E-state index in [1.165, 1.54) is 41.3 Å². The number of hydrogen-bond acceptors (Lipinski definition) is 7. The van der Waals surface area contributed by atoms with Crippen molar-refractivity contribution in [2.75, 3.05) is 23.4 Å². The van der Waals surface area contributed by atoms with E-state index in [2.05, 4.69) is 5.32 Å². The van der Waals surface area contributed by atoms with Gasteiger partial charge < -0.3 is 14.8 Å². The predicted octanol–water partition coefficient (Wildman–Crippen LogP) is 3.75. The van der Waals surface area contributed by atoms with Gasteiger partial charge in [-0.25, -0.2) is 9.59 Å². The van der Waals surface area contributed by atoms with Crippen LogP contribution in [-0.4, -0.2) is 42.9 Å². The van der Waals surface area contributed by atoms with Gasteiger partial charge in [0.25, 0.3) is 5.91 Å². The third-order valence-corrected chi connectivity index (χ3v) is 6.41. The highest BCUT2D eigenvalue weighted by atomic mass is 16.5. The molecule has 2 aliphatic rings. The molecule has 0 spiro atoms. The highest BCUT2D eigenvalue weighted by Crippen LogP contribution is 2.40. The zero-order chi connectivity index (χ0) is 26.5. The van der Waals surface area contributed by atoms with Gasteiger partial charge in [-0.1, -0.05) is 26.0 Å². The van der Waals surface area contributed by atoms with Crippen molar-refractivity contribution in [1.82, 2.24) is 0 Å². The third kappa shape index (κ3) is 5.61. The zero-order valence-corrected chi connectivity index (χ0v) is 20.6. The molecule has 9 heteroatoms. The lowest BCUT2D eigenvalue weighted by Gasteiger charge is -2.22. The summed E-state index contributed by atoms with van der Waals surface area (Å²) < 4.78 is 10.1. The van der Waals surface area contributed by atoms with Gasteiger partial charge in [0, 0.05) is 5.69 Å². The fraction of sp³-hybridized carbons (Fsp3) is 0.321. The normalized spacial score (nSPS) is 20.4. The van der Waals surface area contributed by atoms with Crippen LogP contribution in [0.5, 0.6) is 0 Å². The van der Waals surface area contributed by atoms with Crippen molar-refractivity contribution in [1.29, 1.82) is 0 Å². The smallest absolute Gasteiger partial charge is 0.338 e. The van der Waals surface area contributed by atoms with Crippen LogP contribution in [0.25, 0.3) is 0 Å². The summed E-state index contributed by atoms with van der Waals surface area (Å²) in [6, 6.07) is 12.1. The number of carbonyl (C=O) groups is 5. The lowest BCUT2D eigenvalue weighted by atomic mass is 9.78. The van der Waals surface area contributed by atoms with E-state index in [0.717, 1.165) is 6.42 Å². The Morgan fingerprint density at radius 3 is 2.16 bits per heavy atom. The largest absolute Gasteiger partial charge is 0.462 e. The van der Waals surface area contributed by atoms with Gasteiger partial charge in [-0.15, -0.1) is 0 Å². The monoisotopic (exact) mass is 504 g/mol. The molecule has 0 aromatic heterocycles. The Labute approximate surface area is 214 Å². The maximum atomic E-state index is 12.9. The van der Waals surface area contributed by atoms with E-state index < -0.39 is 24.5 Å². The number of ether oxygens (including phenoxy) is 2. The third-order valence-electron chi connectivity index (χ3n) is 6.41. The molecule has 0 unspecified atom stereocenters. The first-order valence-electron chi connectivity index (χ1n) is 12.2. The Morgan fingerprint density at radius 1 is 0.919 bits per heavy atom. The van der Waals surface area contributed by atoms with Crippen molar-refractivity contribution < 1.29 is 33.4 Å². The summed E-state index contributed by atoms with van der Waals surface area (Å²) in [5, 5.41) is 2.59. The van der Waals surface area contributed by atoms with Crippen LogP contribution in [0.3, 0.4) is 0 Å². The van der Waals surface area contributed by atoms with Gasteiger partial charge in [-0.3, -0.25) is 19.3 Å². The standard InChI is InChI=1S/C28H28N2O7/c1-3-15-36-27(34)18-7-11-20(12-8-18)29-23(31)16-37-28(35)19-9-13-21(14-10-19)30-25(32)22-6-4-5-17(2)24(22)26(30)33/h4-5,7-14,17,22,24H,3,6,15-16H2,1-2H3,(H,29,31)/t17-,22-,24-/m1/s1. The number of hydrogen-bond donors (Lipinski definition) is 1. The second-order valence-corrected chi connectivity index (χ2v) is 9.05. The molecular formula is C28H28N2O7. The fourth-order valence-electron chi connectivity index (χ4n) is 4.53. The first-order valence-corrected chi connectivity index (χ1v) is 12.2. The van der Waals surface area contributed by atoms with Crippen molar-refractivity contribution in [2.24, 2.45) is 17.8 Å². The van der Waals surface area contributed by atoms with E-state index in [4.69, 9.17) is 9.47 Å². The summed E-state index contributed by atoms with van der Waals surface area (Å²) in [5.74, 6) is -2.92. The molecule has 1 aliphatic carbocycles. The number of carbonyl (C=O) groups excluding carboxylic acids is 5. The predicted molar refractivity (Wildman–Crippen MR) is 135 cm³/mol. The zero-order valence-electron chi connectivity index (χ0n) is 20.6. The molecule has 1 saturated heterocycles. The topological polar surface area (TPSA) is 119 Å². The average Bonchev–Trinajstić information content (AvgIpc) is 3.16. The van der Waals surface area contributed by atoms with Gasteiger partial charge in [0.15, 0.2) is 6.61 Å². The van der Waals surface area contributed by atoms with Crippen LogP contribution in [0.15, 0.2) is 60.7 Å². The minimum absolute atomic E-state index is 0.0131. The Hall–Kier alpha value is -4.27. The number of benzene rings is 2. The van der Waals surface area contributed by atoms with Crippen molar-refractivity contribution in [2.45, 2.75) is 26.7 Å². The number of esters is 2. The number of amides is 3. The number of anilines is 2. The Bertz CT molecular complexity index is 1230. The molecule has 1 heterocycles. The maximum Gasteiger partial charge on any atom is 0.338 e. The summed E-state index contributed by atoms with van der Waals surface area (Å²) in [6.07, 6.45) is 5.16. The molecule has 3 amide bonds. The Balaban J connectivity index is 1.30. The van der Waals surface area contributed by atoms with E-state index >= 15 is 0 Å². The molecule has 9 nitrogen and oxygen atoms in total. The van der Waals surface area contributed by atoms with Crippen LogP contribution in [0.4, 0.5) is 11.4 Å². The summed E-state index contributed by atoms with van der Waals surface area (Å²) in [4.78, 5) is 63.4. The number of nitrogens with zero attached hydrogens (tertiary/aromatic N) is 1. The highest BCUT2D eigenvalue weighted by molar-refractivity contribution is 6.22. The second kappa shape index (κ2) is 11.2. The summed E-state index contributed by atoms with van der Waals surface area (Å²) in [5.41, 5.74) is 1.37. The van der Waals surface area contributed by atoms with Crippen molar-refractivity contribution in [3.05, 3.63) is 71.8 Å². The molecule has 1 N–H and O–H groups in total. The van der Waals surface area contributed by atoms with Gasteiger partial charge in [0.05, 0.1) is 35.3 Å². The molecule has 3 atom stereocenters. The molecular weight excluding hydrogens is 476 g/mol. The maximum absolute atomic E-state index is 12.9. The molecule has 0 radical (unpaired) electrons. The molecule has 1 aliphatic heterocycles. The van der Waals surface area contributed by atoms with Crippen LogP contribution in [0.2, 0.25) is 0 Å². The molecule has 4 rings (SSSR count). The van der Waals surface area contributed by atoms with E-state index in [1.54, 1.807) is 12.1 Å². The lowest BCUT2D eigenvalue weighted by Crippen LogP contribution is -2.31. The summed E-state index contributed by atoms with van der Waals surface area (Å²) in [6.45, 7) is 3.64. The number of allylic oxidation sites excluding steroid dienone is 2. The number of fused-ring (bicyclic) bond motifs is 1. The van der Waals surface area contributed by atoms with Gasteiger partial charge in [-0.2, -0.15) is 0 Å². The molecule has 37 heavy (non-hydrogen) atoms. The van der Waals surface area contributed by atoms with E-state index in [0.29, 0.717) is 30.0 Å². The fourth-order valence-corrected chi connectivity index (χ4v) is 4.53. The molecule has 2 aromatic carbocycles. The average molecular weight is 505 g/mol. The number of imide groups is 1. The molecule has 0 saturated carbocycles. The van der Waals surface area contributed by atoms with Crippen molar-refractivity contribution in [3.63, 3.8) is 0 Å². The van der Waals surface area contributed by atoms with Crippen molar-refractivity contribution >= 4 is 41.0 Å².